The van der Waals surface area contributed by atoms with Crippen molar-refractivity contribution >= 4 is 44.5 Å². The predicted octanol–water partition coefficient (Wildman–Crippen LogP) is 3.14. The molecule has 116 valence electrons. The summed E-state index contributed by atoms with van der Waals surface area (Å²) in [6.45, 7) is 3.77. The standard InChI is InChI=1S/C16H12N2O4S/c1-3-21-15(20)12-8(2)11-13(23-12)17-16-18(14(11)19)9-6-4-5-7-10(9)22-16/h4-7H,3H2,1-2H3. The summed E-state index contributed by atoms with van der Waals surface area (Å²) in [6, 6.07) is 7.25. The van der Waals surface area contributed by atoms with Gasteiger partial charge in [-0.25, -0.2) is 9.20 Å². The minimum Gasteiger partial charge on any atom is -0.462 e. The summed E-state index contributed by atoms with van der Waals surface area (Å²) in [5.74, 6) is -0.209. The molecule has 0 aliphatic rings. The van der Waals surface area contributed by atoms with Gasteiger partial charge in [0.25, 0.3) is 5.56 Å². The SMILES string of the molecule is CCOC(=O)c1sc2nc3oc4ccccc4n3c(=O)c2c1C. The molecular formula is C16H12N2O4S. The van der Waals surface area contributed by atoms with Crippen molar-refractivity contribution in [1.29, 1.82) is 0 Å². The smallest absolute Gasteiger partial charge is 0.348 e. The lowest BCUT2D eigenvalue weighted by molar-refractivity contribution is 0.0531. The molecule has 0 fully saturated rings. The van der Waals surface area contributed by atoms with Crippen LogP contribution in [-0.2, 0) is 4.74 Å². The van der Waals surface area contributed by atoms with Crippen LogP contribution in [0.1, 0.15) is 22.2 Å². The third kappa shape index (κ3) is 1.90. The molecule has 4 rings (SSSR count). The molecule has 4 aromatic rings. The summed E-state index contributed by atoms with van der Waals surface area (Å²) in [4.78, 5) is 30.2. The highest BCUT2D eigenvalue weighted by Crippen LogP contribution is 2.29. The fraction of sp³-hybridized carbons (Fsp3) is 0.188. The summed E-state index contributed by atoms with van der Waals surface area (Å²) >= 11 is 1.15. The molecule has 0 atom stereocenters. The highest BCUT2D eigenvalue weighted by molar-refractivity contribution is 7.20. The second-order valence-electron chi connectivity index (χ2n) is 5.06. The van der Waals surface area contributed by atoms with Crippen LogP contribution < -0.4 is 5.56 Å². The van der Waals surface area contributed by atoms with Crippen LogP contribution in [0, 0.1) is 6.92 Å². The molecule has 0 unspecified atom stereocenters. The fourth-order valence-electron chi connectivity index (χ4n) is 2.66. The number of ether oxygens (including phenoxy) is 1. The first-order valence-corrected chi connectivity index (χ1v) is 7.94. The molecule has 0 amide bonds. The number of nitrogens with zero attached hydrogens (tertiary/aromatic N) is 2. The van der Waals surface area contributed by atoms with Gasteiger partial charge in [-0.05, 0) is 31.5 Å². The lowest BCUT2D eigenvalue weighted by Gasteiger charge is -1.99. The van der Waals surface area contributed by atoms with E-state index in [2.05, 4.69) is 4.98 Å². The minimum atomic E-state index is -0.432. The van der Waals surface area contributed by atoms with Crippen LogP contribution in [0.2, 0.25) is 0 Å². The summed E-state index contributed by atoms with van der Waals surface area (Å²) in [5.41, 5.74) is 1.61. The van der Waals surface area contributed by atoms with Gasteiger partial charge in [0, 0.05) is 0 Å². The van der Waals surface area contributed by atoms with Crippen molar-refractivity contribution in [2.24, 2.45) is 0 Å². The number of esters is 1. The van der Waals surface area contributed by atoms with Crippen molar-refractivity contribution in [3.63, 3.8) is 0 Å². The Balaban J connectivity index is 2.12. The monoisotopic (exact) mass is 328 g/mol. The number of aryl methyl sites for hydroxylation is 1. The molecule has 23 heavy (non-hydrogen) atoms. The van der Waals surface area contributed by atoms with Crippen molar-refractivity contribution in [2.45, 2.75) is 13.8 Å². The van der Waals surface area contributed by atoms with Gasteiger partial charge in [0.15, 0.2) is 5.58 Å². The maximum absolute atomic E-state index is 12.9. The zero-order valence-corrected chi connectivity index (χ0v) is 13.3. The minimum absolute atomic E-state index is 0.223. The first-order chi connectivity index (χ1) is 11.1. The largest absolute Gasteiger partial charge is 0.462 e. The maximum Gasteiger partial charge on any atom is 0.348 e. The third-order valence-electron chi connectivity index (χ3n) is 3.70. The van der Waals surface area contributed by atoms with Crippen molar-refractivity contribution in [3.8, 4) is 0 Å². The van der Waals surface area contributed by atoms with Gasteiger partial charge in [0.2, 0.25) is 0 Å². The van der Waals surface area contributed by atoms with Crippen LogP contribution in [0.25, 0.3) is 27.2 Å². The topological polar surface area (TPSA) is 73.8 Å². The number of para-hydroxylation sites is 2. The van der Waals surface area contributed by atoms with E-state index >= 15 is 0 Å². The van der Waals surface area contributed by atoms with Gasteiger partial charge in [-0.3, -0.25) is 4.79 Å². The van der Waals surface area contributed by atoms with E-state index in [0.717, 1.165) is 11.3 Å². The van der Waals surface area contributed by atoms with Crippen LogP contribution >= 0.6 is 11.3 Å². The van der Waals surface area contributed by atoms with E-state index in [1.165, 1.54) is 4.40 Å². The summed E-state index contributed by atoms with van der Waals surface area (Å²) in [7, 11) is 0. The molecule has 3 heterocycles. The lowest BCUT2D eigenvalue weighted by atomic mass is 10.2. The number of aromatic nitrogens is 2. The molecular weight excluding hydrogens is 316 g/mol. The summed E-state index contributed by atoms with van der Waals surface area (Å²) in [6.07, 6.45) is 0. The summed E-state index contributed by atoms with van der Waals surface area (Å²) in [5, 5.41) is 0.433. The number of hydrogen-bond donors (Lipinski definition) is 0. The second-order valence-corrected chi connectivity index (χ2v) is 6.06. The Morgan fingerprint density at radius 3 is 2.96 bits per heavy atom. The number of carbonyl (C=O) groups excluding carboxylic acids is 1. The van der Waals surface area contributed by atoms with E-state index in [0.29, 0.717) is 31.8 Å². The molecule has 0 saturated heterocycles. The van der Waals surface area contributed by atoms with E-state index in [1.54, 1.807) is 26.0 Å². The van der Waals surface area contributed by atoms with Crippen LogP contribution in [0.3, 0.4) is 0 Å². The zero-order valence-electron chi connectivity index (χ0n) is 12.5. The predicted molar refractivity (Wildman–Crippen MR) is 87.3 cm³/mol. The van der Waals surface area contributed by atoms with Gasteiger partial charge in [0.05, 0.1) is 17.5 Å². The Morgan fingerprint density at radius 2 is 2.17 bits per heavy atom. The number of carbonyl (C=O) groups is 1. The van der Waals surface area contributed by atoms with Crippen molar-refractivity contribution in [1.82, 2.24) is 9.38 Å². The molecule has 3 aromatic heterocycles. The summed E-state index contributed by atoms with van der Waals surface area (Å²) < 4.78 is 12.1. The van der Waals surface area contributed by atoms with Crippen molar-refractivity contribution in [2.75, 3.05) is 6.61 Å². The molecule has 0 aliphatic heterocycles. The first-order valence-electron chi connectivity index (χ1n) is 7.12. The van der Waals surface area contributed by atoms with Crippen LogP contribution in [0.15, 0.2) is 33.5 Å². The number of rotatable bonds is 2. The Bertz CT molecular complexity index is 1140. The van der Waals surface area contributed by atoms with Gasteiger partial charge in [-0.2, -0.15) is 4.98 Å². The number of oxazole rings is 1. The van der Waals surface area contributed by atoms with E-state index in [9.17, 15) is 9.59 Å². The van der Waals surface area contributed by atoms with Crippen LogP contribution in [0.4, 0.5) is 0 Å². The quantitative estimate of drug-likeness (QED) is 0.529. The van der Waals surface area contributed by atoms with E-state index < -0.39 is 5.97 Å². The fourth-order valence-corrected chi connectivity index (χ4v) is 3.72. The average Bonchev–Trinajstić information content (AvgIpc) is 3.06. The highest BCUT2D eigenvalue weighted by Gasteiger charge is 2.22. The number of hydrogen-bond acceptors (Lipinski definition) is 6. The molecule has 0 spiro atoms. The molecule has 0 radical (unpaired) electrons. The molecule has 0 saturated carbocycles. The second kappa shape index (κ2) is 4.92. The lowest BCUT2D eigenvalue weighted by Crippen LogP contribution is -2.13. The van der Waals surface area contributed by atoms with Crippen LogP contribution in [-0.4, -0.2) is 22.0 Å². The van der Waals surface area contributed by atoms with Crippen molar-refractivity contribution < 1.29 is 13.9 Å². The molecule has 0 aliphatic carbocycles. The van der Waals surface area contributed by atoms with Crippen molar-refractivity contribution in [3.05, 3.63) is 45.1 Å². The maximum atomic E-state index is 12.9. The Labute approximate surface area is 133 Å². The van der Waals surface area contributed by atoms with Gasteiger partial charge in [0.1, 0.15) is 9.71 Å². The molecule has 0 N–H and O–H groups in total. The van der Waals surface area contributed by atoms with Crippen LogP contribution in [0.5, 0.6) is 0 Å². The van der Waals surface area contributed by atoms with E-state index in [1.807, 2.05) is 12.1 Å². The number of benzene rings is 1. The van der Waals surface area contributed by atoms with Gasteiger partial charge in [-0.15, -0.1) is 11.3 Å². The van der Waals surface area contributed by atoms with Gasteiger partial charge < -0.3 is 9.15 Å². The zero-order chi connectivity index (χ0) is 16.1. The molecule has 7 heteroatoms. The Hall–Kier alpha value is -2.67. The molecule has 6 nitrogen and oxygen atoms in total. The third-order valence-corrected chi connectivity index (χ3v) is 4.87. The normalized spacial score (nSPS) is 11.6. The van der Waals surface area contributed by atoms with E-state index in [-0.39, 0.29) is 18.0 Å². The number of thiophene rings is 1. The van der Waals surface area contributed by atoms with Gasteiger partial charge >= 0.3 is 11.8 Å². The average molecular weight is 328 g/mol. The Kier molecular flexibility index (Phi) is 2.99. The first kappa shape index (κ1) is 14.0. The molecule has 1 aromatic carbocycles. The van der Waals surface area contributed by atoms with Gasteiger partial charge in [-0.1, -0.05) is 12.1 Å². The van der Waals surface area contributed by atoms with E-state index in [4.69, 9.17) is 9.15 Å². The molecule has 0 bridgehead atoms. The highest BCUT2D eigenvalue weighted by atomic mass is 32.1. The number of fused-ring (bicyclic) bond motifs is 4. The Morgan fingerprint density at radius 1 is 1.39 bits per heavy atom.